The van der Waals surface area contributed by atoms with Crippen LogP contribution in [0.2, 0.25) is 0 Å². The lowest BCUT2D eigenvalue weighted by atomic mass is 9.62. The largest absolute Gasteiger partial charge is 0.490 e. The third-order valence-electron chi connectivity index (χ3n) is 4.42. The molecule has 0 aliphatic heterocycles. The zero-order valence-corrected chi connectivity index (χ0v) is 11.1. The van der Waals surface area contributed by atoms with Crippen LogP contribution < -0.4 is 10.5 Å². The Hall–Kier alpha value is -1.02. The smallest absolute Gasteiger partial charge is 0.119 e. The van der Waals surface area contributed by atoms with Crippen LogP contribution in [0.1, 0.15) is 39.2 Å². The highest BCUT2D eigenvalue weighted by molar-refractivity contribution is 5.28. The lowest BCUT2D eigenvalue weighted by molar-refractivity contribution is -0.0560. The van der Waals surface area contributed by atoms with E-state index in [2.05, 4.69) is 45.0 Å². The summed E-state index contributed by atoms with van der Waals surface area (Å²) in [5.74, 6) is 0.971. The van der Waals surface area contributed by atoms with E-state index in [-0.39, 0.29) is 17.6 Å². The number of rotatable bonds is 4. The van der Waals surface area contributed by atoms with Crippen LogP contribution in [-0.2, 0) is 6.42 Å². The predicted octanol–water partition coefficient (Wildman–Crippen LogP) is 3.14. The molecule has 0 bridgehead atoms. The Balaban J connectivity index is 2.02. The van der Waals surface area contributed by atoms with Gasteiger partial charge in [-0.05, 0) is 30.5 Å². The van der Waals surface area contributed by atoms with Gasteiger partial charge in [0, 0.05) is 17.9 Å². The molecule has 1 aromatic rings. The van der Waals surface area contributed by atoms with Crippen LogP contribution in [0.4, 0.5) is 0 Å². The fourth-order valence-corrected chi connectivity index (χ4v) is 2.49. The minimum absolute atomic E-state index is 0.142. The van der Waals surface area contributed by atoms with E-state index < -0.39 is 0 Å². The second-order valence-corrected chi connectivity index (χ2v) is 5.31. The summed E-state index contributed by atoms with van der Waals surface area (Å²) in [6.07, 6.45) is 3.39. The van der Waals surface area contributed by atoms with Gasteiger partial charge < -0.3 is 10.5 Å². The van der Waals surface area contributed by atoms with Crippen molar-refractivity contribution in [2.75, 3.05) is 0 Å². The van der Waals surface area contributed by atoms with Crippen molar-refractivity contribution in [1.82, 2.24) is 0 Å². The molecule has 0 aromatic heterocycles. The monoisotopic (exact) mass is 233 g/mol. The van der Waals surface area contributed by atoms with Crippen molar-refractivity contribution in [2.45, 2.75) is 52.2 Å². The maximum Gasteiger partial charge on any atom is 0.119 e. The lowest BCUT2D eigenvalue weighted by Gasteiger charge is -2.51. The van der Waals surface area contributed by atoms with Crippen molar-refractivity contribution in [3.63, 3.8) is 0 Å². The average Bonchev–Trinajstić information content (AvgIpc) is 2.38. The number of benzene rings is 1. The first-order chi connectivity index (χ1) is 8.10. The van der Waals surface area contributed by atoms with Gasteiger partial charge in [-0.25, -0.2) is 0 Å². The number of aryl methyl sites for hydroxylation is 1. The second kappa shape index (κ2) is 4.69. The molecular weight excluding hydrogens is 210 g/mol. The molecule has 94 valence electrons. The molecule has 0 amide bonds. The van der Waals surface area contributed by atoms with Crippen LogP contribution in [0.25, 0.3) is 0 Å². The van der Waals surface area contributed by atoms with Crippen molar-refractivity contribution in [2.24, 2.45) is 11.1 Å². The van der Waals surface area contributed by atoms with Crippen LogP contribution >= 0.6 is 0 Å². The second-order valence-electron chi connectivity index (χ2n) is 5.31. The first-order valence-electron chi connectivity index (χ1n) is 6.61. The van der Waals surface area contributed by atoms with Gasteiger partial charge in [0.25, 0.3) is 0 Å². The molecule has 0 saturated heterocycles. The van der Waals surface area contributed by atoms with Crippen molar-refractivity contribution >= 4 is 0 Å². The topological polar surface area (TPSA) is 35.2 Å². The molecule has 2 rings (SSSR count). The molecule has 1 aromatic carbocycles. The maximum absolute atomic E-state index is 6.08. The van der Waals surface area contributed by atoms with Gasteiger partial charge in [0.15, 0.2) is 0 Å². The Kier molecular flexibility index (Phi) is 3.43. The van der Waals surface area contributed by atoms with E-state index in [0.29, 0.717) is 0 Å². The minimum Gasteiger partial charge on any atom is -0.490 e. The highest BCUT2D eigenvalue weighted by Crippen LogP contribution is 2.44. The molecule has 17 heavy (non-hydrogen) atoms. The van der Waals surface area contributed by atoms with Gasteiger partial charge in [-0.1, -0.05) is 32.9 Å². The zero-order valence-electron chi connectivity index (χ0n) is 11.1. The molecule has 1 saturated carbocycles. The summed E-state index contributed by atoms with van der Waals surface area (Å²) in [5, 5.41) is 0. The van der Waals surface area contributed by atoms with Gasteiger partial charge in [0.2, 0.25) is 0 Å². The van der Waals surface area contributed by atoms with Gasteiger partial charge in [-0.3, -0.25) is 0 Å². The predicted molar refractivity (Wildman–Crippen MR) is 71.2 cm³/mol. The molecule has 3 unspecified atom stereocenters. The van der Waals surface area contributed by atoms with Crippen LogP contribution in [0.5, 0.6) is 5.75 Å². The Morgan fingerprint density at radius 3 is 2.41 bits per heavy atom. The summed E-state index contributed by atoms with van der Waals surface area (Å²) < 4.78 is 6.05. The average molecular weight is 233 g/mol. The molecular formula is C15H23NO. The third kappa shape index (κ3) is 2.19. The van der Waals surface area contributed by atoms with Crippen molar-refractivity contribution in [3.8, 4) is 5.75 Å². The summed E-state index contributed by atoms with van der Waals surface area (Å²) in [5.41, 5.74) is 7.57. The van der Waals surface area contributed by atoms with Gasteiger partial charge in [0.05, 0.1) is 0 Å². The molecule has 2 N–H and O–H groups in total. The number of hydrogen-bond acceptors (Lipinski definition) is 2. The fraction of sp³-hybridized carbons (Fsp3) is 0.600. The Labute approximate surface area is 104 Å². The molecule has 1 fully saturated rings. The standard InChI is InChI=1S/C15H23NO/c1-4-11-6-8-12(9-7-11)17-14-10-13(16)15(14,3)5-2/h6-9,13-14H,4-5,10,16H2,1-3H3. The van der Waals surface area contributed by atoms with Crippen molar-refractivity contribution in [1.29, 1.82) is 0 Å². The Morgan fingerprint density at radius 1 is 1.29 bits per heavy atom. The maximum atomic E-state index is 6.08. The third-order valence-corrected chi connectivity index (χ3v) is 4.42. The van der Waals surface area contributed by atoms with Crippen LogP contribution in [0, 0.1) is 5.41 Å². The van der Waals surface area contributed by atoms with E-state index in [0.717, 1.165) is 25.0 Å². The Morgan fingerprint density at radius 2 is 1.94 bits per heavy atom. The molecule has 0 radical (unpaired) electrons. The van der Waals surface area contributed by atoms with E-state index in [4.69, 9.17) is 10.5 Å². The van der Waals surface area contributed by atoms with Gasteiger partial charge in [-0.15, -0.1) is 0 Å². The first kappa shape index (κ1) is 12.4. The van der Waals surface area contributed by atoms with Gasteiger partial charge in [-0.2, -0.15) is 0 Å². The lowest BCUT2D eigenvalue weighted by Crippen LogP contribution is -2.61. The van der Waals surface area contributed by atoms with E-state index in [1.54, 1.807) is 0 Å². The molecule has 1 aliphatic carbocycles. The van der Waals surface area contributed by atoms with Crippen LogP contribution in [0.3, 0.4) is 0 Å². The molecule has 3 atom stereocenters. The summed E-state index contributed by atoms with van der Waals surface area (Å²) >= 11 is 0. The van der Waals surface area contributed by atoms with Gasteiger partial charge in [0.1, 0.15) is 11.9 Å². The minimum atomic E-state index is 0.142. The molecule has 2 heteroatoms. The van der Waals surface area contributed by atoms with Crippen LogP contribution in [-0.4, -0.2) is 12.1 Å². The summed E-state index contributed by atoms with van der Waals surface area (Å²) in [6, 6.07) is 8.69. The summed E-state index contributed by atoms with van der Waals surface area (Å²) in [6.45, 7) is 6.58. The quantitative estimate of drug-likeness (QED) is 0.867. The van der Waals surface area contributed by atoms with Crippen molar-refractivity contribution < 1.29 is 4.74 Å². The molecule has 2 nitrogen and oxygen atoms in total. The Bertz CT molecular complexity index is 373. The molecule has 1 aliphatic rings. The zero-order chi connectivity index (χ0) is 12.5. The van der Waals surface area contributed by atoms with Crippen molar-refractivity contribution in [3.05, 3.63) is 29.8 Å². The van der Waals surface area contributed by atoms with E-state index in [9.17, 15) is 0 Å². The first-order valence-corrected chi connectivity index (χ1v) is 6.61. The number of ether oxygens (including phenoxy) is 1. The normalized spacial score (nSPS) is 32.0. The molecule has 0 spiro atoms. The van der Waals surface area contributed by atoms with Crippen LogP contribution in [0.15, 0.2) is 24.3 Å². The fourth-order valence-electron chi connectivity index (χ4n) is 2.49. The van der Waals surface area contributed by atoms with E-state index in [1.165, 1.54) is 5.56 Å². The van der Waals surface area contributed by atoms with E-state index >= 15 is 0 Å². The summed E-state index contributed by atoms with van der Waals surface area (Å²) in [4.78, 5) is 0. The SMILES string of the molecule is CCc1ccc(OC2CC(N)C2(C)CC)cc1. The highest BCUT2D eigenvalue weighted by atomic mass is 16.5. The molecule has 0 heterocycles. The number of nitrogens with two attached hydrogens (primary N) is 1. The van der Waals surface area contributed by atoms with Gasteiger partial charge >= 0.3 is 0 Å². The number of hydrogen-bond donors (Lipinski definition) is 1. The highest BCUT2D eigenvalue weighted by Gasteiger charge is 2.50. The van der Waals surface area contributed by atoms with E-state index in [1.807, 2.05) is 0 Å². The summed E-state index contributed by atoms with van der Waals surface area (Å²) in [7, 11) is 0.